The van der Waals surface area contributed by atoms with Gasteiger partial charge in [-0.3, -0.25) is 9.89 Å². The number of carbonyl (C=O) groups excluding carboxylic acids is 1. The number of hydrogen-bond donors (Lipinski definition) is 3. The van der Waals surface area contributed by atoms with Gasteiger partial charge in [-0.2, -0.15) is 5.10 Å². The third-order valence-corrected chi connectivity index (χ3v) is 2.60. The van der Waals surface area contributed by atoms with Crippen LogP contribution in [-0.2, 0) is 11.3 Å². The van der Waals surface area contributed by atoms with Crippen LogP contribution in [-0.4, -0.2) is 22.1 Å². The van der Waals surface area contributed by atoms with Crippen LogP contribution in [0.1, 0.15) is 32.0 Å². The molecule has 1 heterocycles. The molecule has 0 spiro atoms. The lowest BCUT2D eigenvalue weighted by atomic mass is 9.87. The van der Waals surface area contributed by atoms with Crippen LogP contribution in [0.4, 0.5) is 0 Å². The molecule has 1 aromatic heterocycles. The summed E-state index contributed by atoms with van der Waals surface area (Å²) >= 11 is 0. The summed E-state index contributed by atoms with van der Waals surface area (Å²) in [5.74, 6) is -0.131. The van der Waals surface area contributed by atoms with Gasteiger partial charge in [-0.05, 0) is 12.3 Å². The summed E-state index contributed by atoms with van der Waals surface area (Å²) in [4.78, 5) is 11.7. The standard InChI is InChI=1S/C11H20N4O/c1-7-8(6-14-15-7)5-13-10(16)9(12)11(2,3)4/h6,9H,5,12H2,1-4H3,(H,13,16)(H,14,15). The van der Waals surface area contributed by atoms with Crippen LogP contribution < -0.4 is 11.1 Å². The van der Waals surface area contributed by atoms with Gasteiger partial charge < -0.3 is 11.1 Å². The predicted molar refractivity (Wildman–Crippen MR) is 62.6 cm³/mol. The molecule has 5 heteroatoms. The molecular weight excluding hydrogens is 204 g/mol. The maximum Gasteiger partial charge on any atom is 0.237 e. The Morgan fingerprint density at radius 2 is 2.25 bits per heavy atom. The molecule has 0 radical (unpaired) electrons. The van der Waals surface area contributed by atoms with Crippen molar-refractivity contribution in [3.63, 3.8) is 0 Å². The fraction of sp³-hybridized carbons (Fsp3) is 0.636. The molecule has 90 valence electrons. The van der Waals surface area contributed by atoms with Gasteiger partial charge in [0.25, 0.3) is 0 Å². The molecule has 0 aliphatic heterocycles. The number of aromatic nitrogens is 2. The second-order valence-electron chi connectivity index (χ2n) is 5.08. The lowest BCUT2D eigenvalue weighted by Gasteiger charge is -2.25. The van der Waals surface area contributed by atoms with E-state index in [2.05, 4.69) is 15.5 Å². The van der Waals surface area contributed by atoms with E-state index >= 15 is 0 Å². The van der Waals surface area contributed by atoms with Gasteiger partial charge in [0.1, 0.15) is 0 Å². The van der Waals surface area contributed by atoms with Crippen LogP contribution in [0.15, 0.2) is 6.20 Å². The molecular formula is C11H20N4O. The highest BCUT2D eigenvalue weighted by molar-refractivity contribution is 5.82. The van der Waals surface area contributed by atoms with Crippen molar-refractivity contribution in [3.8, 4) is 0 Å². The summed E-state index contributed by atoms with van der Waals surface area (Å²) in [5, 5.41) is 9.51. The molecule has 0 aliphatic carbocycles. The van der Waals surface area contributed by atoms with Crippen molar-refractivity contribution in [2.75, 3.05) is 0 Å². The zero-order chi connectivity index (χ0) is 12.3. The van der Waals surface area contributed by atoms with Gasteiger partial charge in [-0.15, -0.1) is 0 Å². The molecule has 16 heavy (non-hydrogen) atoms. The van der Waals surface area contributed by atoms with Gasteiger partial charge in [-0.25, -0.2) is 0 Å². The fourth-order valence-corrected chi connectivity index (χ4v) is 1.24. The van der Waals surface area contributed by atoms with Gasteiger partial charge in [0, 0.05) is 17.8 Å². The first kappa shape index (κ1) is 12.7. The molecule has 0 fully saturated rings. The van der Waals surface area contributed by atoms with E-state index in [4.69, 9.17) is 5.73 Å². The van der Waals surface area contributed by atoms with E-state index in [-0.39, 0.29) is 11.3 Å². The Hall–Kier alpha value is -1.36. The highest BCUT2D eigenvalue weighted by atomic mass is 16.2. The number of aryl methyl sites for hydroxylation is 1. The molecule has 0 aromatic carbocycles. The molecule has 4 N–H and O–H groups in total. The first-order valence-corrected chi connectivity index (χ1v) is 5.34. The highest BCUT2D eigenvalue weighted by Gasteiger charge is 2.27. The van der Waals surface area contributed by atoms with Gasteiger partial charge in [-0.1, -0.05) is 20.8 Å². The average Bonchev–Trinajstić information content (AvgIpc) is 2.58. The van der Waals surface area contributed by atoms with Crippen molar-refractivity contribution in [2.24, 2.45) is 11.1 Å². The van der Waals surface area contributed by atoms with Crippen LogP contribution >= 0.6 is 0 Å². The van der Waals surface area contributed by atoms with E-state index in [1.165, 1.54) is 0 Å². The van der Waals surface area contributed by atoms with E-state index in [0.717, 1.165) is 11.3 Å². The fourth-order valence-electron chi connectivity index (χ4n) is 1.24. The van der Waals surface area contributed by atoms with Gasteiger partial charge in [0.05, 0.1) is 12.2 Å². The minimum absolute atomic E-state index is 0.131. The number of aromatic amines is 1. The van der Waals surface area contributed by atoms with E-state index in [0.29, 0.717) is 6.54 Å². The lowest BCUT2D eigenvalue weighted by Crippen LogP contribution is -2.48. The summed E-state index contributed by atoms with van der Waals surface area (Å²) in [6.45, 7) is 8.21. The number of nitrogens with one attached hydrogen (secondary N) is 2. The Morgan fingerprint density at radius 3 is 2.69 bits per heavy atom. The molecule has 1 unspecified atom stereocenters. The zero-order valence-corrected chi connectivity index (χ0v) is 10.3. The Balaban J connectivity index is 2.51. The maximum atomic E-state index is 11.7. The minimum Gasteiger partial charge on any atom is -0.351 e. The zero-order valence-electron chi connectivity index (χ0n) is 10.3. The van der Waals surface area contributed by atoms with Gasteiger partial charge in [0.15, 0.2) is 0 Å². The summed E-state index contributed by atoms with van der Waals surface area (Å²) in [6.07, 6.45) is 1.71. The van der Waals surface area contributed by atoms with Crippen molar-refractivity contribution >= 4 is 5.91 Å². The summed E-state index contributed by atoms with van der Waals surface area (Å²) in [7, 11) is 0. The van der Waals surface area contributed by atoms with Gasteiger partial charge in [0.2, 0.25) is 5.91 Å². The van der Waals surface area contributed by atoms with Crippen molar-refractivity contribution in [1.29, 1.82) is 0 Å². The molecule has 1 amide bonds. The van der Waals surface area contributed by atoms with Crippen LogP contribution in [0, 0.1) is 12.3 Å². The molecule has 0 bridgehead atoms. The second-order valence-corrected chi connectivity index (χ2v) is 5.08. The summed E-state index contributed by atoms with van der Waals surface area (Å²) < 4.78 is 0. The molecule has 1 rings (SSSR count). The number of nitrogens with two attached hydrogens (primary N) is 1. The molecule has 0 saturated carbocycles. The van der Waals surface area contributed by atoms with Crippen LogP contribution in [0.3, 0.4) is 0 Å². The largest absolute Gasteiger partial charge is 0.351 e. The topological polar surface area (TPSA) is 83.8 Å². The molecule has 5 nitrogen and oxygen atoms in total. The van der Waals surface area contributed by atoms with Crippen molar-refractivity contribution in [1.82, 2.24) is 15.5 Å². The van der Waals surface area contributed by atoms with Crippen molar-refractivity contribution in [2.45, 2.75) is 40.3 Å². The third kappa shape index (κ3) is 3.06. The minimum atomic E-state index is -0.500. The SMILES string of the molecule is Cc1[nH]ncc1CNC(=O)C(N)C(C)(C)C. The van der Waals surface area contributed by atoms with Crippen LogP contribution in [0.25, 0.3) is 0 Å². The predicted octanol–water partition coefficient (Wildman–Crippen LogP) is 0.708. The molecule has 1 atom stereocenters. The smallest absolute Gasteiger partial charge is 0.237 e. The van der Waals surface area contributed by atoms with Crippen molar-refractivity contribution < 1.29 is 4.79 Å². The third-order valence-electron chi connectivity index (χ3n) is 2.60. The molecule has 1 aromatic rings. The monoisotopic (exact) mass is 224 g/mol. The van der Waals surface area contributed by atoms with E-state index < -0.39 is 6.04 Å². The van der Waals surface area contributed by atoms with Crippen LogP contribution in [0.2, 0.25) is 0 Å². The van der Waals surface area contributed by atoms with E-state index in [9.17, 15) is 4.79 Å². The number of hydrogen-bond acceptors (Lipinski definition) is 3. The Bertz CT molecular complexity index is 364. The maximum absolute atomic E-state index is 11.7. The summed E-state index contributed by atoms with van der Waals surface area (Å²) in [5.41, 5.74) is 7.55. The van der Waals surface area contributed by atoms with Crippen molar-refractivity contribution in [3.05, 3.63) is 17.5 Å². The number of carbonyl (C=O) groups is 1. The van der Waals surface area contributed by atoms with Crippen LogP contribution in [0.5, 0.6) is 0 Å². The quantitative estimate of drug-likeness (QED) is 0.707. The second kappa shape index (κ2) is 4.65. The molecule has 0 saturated heterocycles. The average molecular weight is 224 g/mol. The van der Waals surface area contributed by atoms with Gasteiger partial charge >= 0.3 is 0 Å². The normalized spacial score (nSPS) is 13.6. The summed E-state index contributed by atoms with van der Waals surface area (Å²) in [6, 6.07) is -0.500. The Kier molecular flexibility index (Phi) is 3.70. The number of amides is 1. The molecule has 0 aliphatic rings. The number of nitrogens with zero attached hydrogens (tertiary/aromatic N) is 1. The van der Waals surface area contributed by atoms with E-state index in [1.807, 2.05) is 27.7 Å². The number of rotatable bonds is 3. The first-order chi connectivity index (χ1) is 7.32. The highest BCUT2D eigenvalue weighted by Crippen LogP contribution is 2.17. The Morgan fingerprint density at radius 1 is 1.62 bits per heavy atom. The lowest BCUT2D eigenvalue weighted by molar-refractivity contribution is -0.124. The van der Waals surface area contributed by atoms with E-state index in [1.54, 1.807) is 6.20 Å². The number of H-pyrrole nitrogens is 1. The Labute approximate surface area is 95.8 Å². The first-order valence-electron chi connectivity index (χ1n) is 5.34.